The molecule has 0 amide bonds. The molecular formula is C11H11N7O3. The normalized spacial score (nSPS) is 10.7. The predicted molar refractivity (Wildman–Crippen MR) is 76.8 cm³/mol. The van der Waals surface area contributed by atoms with E-state index in [0.717, 1.165) is 0 Å². The topological polar surface area (TPSA) is 166 Å². The van der Waals surface area contributed by atoms with E-state index in [-0.39, 0.29) is 34.6 Å². The van der Waals surface area contributed by atoms with Gasteiger partial charge in [-0.1, -0.05) is 0 Å². The highest BCUT2D eigenvalue weighted by Crippen LogP contribution is 2.21. The third kappa shape index (κ3) is 3.53. The minimum Gasteiger partial charge on any atom is -0.507 e. The monoisotopic (exact) mass is 289 g/mol. The molecule has 6 N–H and O–H groups in total. The molecule has 0 unspecified atom stereocenters. The summed E-state index contributed by atoms with van der Waals surface area (Å²) < 4.78 is 0. The first kappa shape index (κ1) is 14.0. The maximum atomic E-state index is 10.7. The number of rotatable bonds is 4. The Morgan fingerprint density at radius 3 is 2.57 bits per heavy atom. The zero-order chi connectivity index (χ0) is 15.4. The van der Waals surface area contributed by atoms with Crippen molar-refractivity contribution in [3.05, 3.63) is 39.9 Å². The lowest BCUT2D eigenvalue weighted by Crippen LogP contribution is -2.03. The van der Waals surface area contributed by atoms with Crippen molar-refractivity contribution in [2.75, 3.05) is 16.9 Å². The molecule has 0 aliphatic carbocycles. The van der Waals surface area contributed by atoms with Crippen LogP contribution >= 0.6 is 0 Å². The summed E-state index contributed by atoms with van der Waals surface area (Å²) in [4.78, 5) is 17.7. The zero-order valence-corrected chi connectivity index (χ0v) is 10.6. The number of aromatic hydroxyl groups is 1. The summed E-state index contributed by atoms with van der Waals surface area (Å²) in [5.74, 6) is 0.240. The number of phenols is 1. The highest BCUT2D eigenvalue weighted by Gasteiger charge is 2.08. The van der Waals surface area contributed by atoms with Gasteiger partial charge in [-0.15, -0.1) is 0 Å². The van der Waals surface area contributed by atoms with Crippen molar-refractivity contribution >= 4 is 29.5 Å². The van der Waals surface area contributed by atoms with Crippen LogP contribution < -0.4 is 16.9 Å². The molecule has 10 heteroatoms. The molecule has 0 radical (unpaired) electrons. The second kappa shape index (κ2) is 5.69. The number of nitro groups is 1. The molecule has 0 aliphatic heterocycles. The number of hydrogen-bond donors (Lipinski definition) is 4. The third-order valence-corrected chi connectivity index (χ3v) is 2.36. The molecule has 2 aromatic rings. The van der Waals surface area contributed by atoms with Crippen LogP contribution in [-0.4, -0.2) is 26.2 Å². The van der Waals surface area contributed by atoms with E-state index in [1.165, 1.54) is 30.5 Å². The number of nitro benzene ring substituents is 1. The SMILES string of the molecule is Nc1cc(N)nc(NN=Cc2cc([N+](=O)[O-])ccc2O)n1. The maximum Gasteiger partial charge on any atom is 0.270 e. The van der Waals surface area contributed by atoms with Crippen molar-refractivity contribution in [3.63, 3.8) is 0 Å². The van der Waals surface area contributed by atoms with Crippen LogP contribution in [0.4, 0.5) is 23.3 Å². The number of non-ortho nitro benzene ring substituents is 1. The number of phenolic OH excluding ortho intramolecular Hbond substituents is 1. The number of nitrogens with two attached hydrogens (primary N) is 2. The molecule has 108 valence electrons. The predicted octanol–water partition coefficient (Wildman–Crippen LogP) is 0.701. The van der Waals surface area contributed by atoms with E-state index in [0.29, 0.717) is 0 Å². The Balaban J connectivity index is 2.17. The van der Waals surface area contributed by atoms with Crippen LogP contribution in [0.1, 0.15) is 5.56 Å². The molecule has 0 saturated heterocycles. The van der Waals surface area contributed by atoms with Gasteiger partial charge in [0.05, 0.1) is 11.1 Å². The lowest BCUT2D eigenvalue weighted by molar-refractivity contribution is -0.384. The summed E-state index contributed by atoms with van der Waals surface area (Å²) in [6.07, 6.45) is 1.19. The van der Waals surface area contributed by atoms with Crippen molar-refractivity contribution in [1.29, 1.82) is 0 Å². The second-order valence-electron chi connectivity index (χ2n) is 3.91. The van der Waals surface area contributed by atoms with Crippen molar-refractivity contribution in [1.82, 2.24) is 9.97 Å². The number of nitrogens with one attached hydrogen (secondary N) is 1. The van der Waals surface area contributed by atoms with E-state index in [1.54, 1.807) is 0 Å². The van der Waals surface area contributed by atoms with Gasteiger partial charge in [0.1, 0.15) is 17.4 Å². The summed E-state index contributed by atoms with van der Waals surface area (Å²) in [5, 5.41) is 24.0. The Hall–Kier alpha value is -3.43. The molecule has 0 spiro atoms. The van der Waals surface area contributed by atoms with Gasteiger partial charge < -0.3 is 16.6 Å². The molecule has 21 heavy (non-hydrogen) atoms. The van der Waals surface area contributed by atoms with Crippen LogP contribution in [-0.2, 0) is 0 Å². The van der Waals surface area contributed by atoms with Crippen molar-refractivity contribution in [2.24, 2.45) is 5.10 Å². The number of benzene rings is 1. The van der Waals surface area contributed by atoms with E-state index >= 15 is 0 Å². The zero-order valence-electron chi connectivity index (χ0n) is 10.6. The molecule has 0 atom stereocenters. The summed E-state index contributed by atoms with van der Waals surface area (Å²) in [6, 6.07) is 4.94. The Kier molecular flexibility index (Phi) is 3.79. The molecule has 0 fully saturated rings. The van der Waals surface area contributed by atoms with Gasteiger partial charge >= 0.3 is 0 Å². The van der Waals surface area contributed by atoms with Gasteiger partial charge in [-0.2, -0.15) is 15.1 Å². The molecule has 1 heterocycles. The largest absolute Gasteiger partial charge is 0.507 e. The average molecular weight is 289 g/mol. The van der Waals surface area contributed by atoms with E-state index in [4.69, 9.17) is 11.5 Å². The number of nitrogens with zero attached hydrogens (tertiary/aromatic N) is 4. The fraction of sp³-hybridized carbons (Fsp3) is 0. The maximum absolute atomic E-state index is 10.7. The quantitative estimate of drug-likeness (QED) is 0.362. The molecule has 1 aromatic heterocycles. The van der Waals surface area contributed by atoms with Crippen LogP contribution in [0.5, 0.6) is 5.75 Å². The van der Waals surface area contributed by atoms with Gasteiger partial charge in [0.25, 0.3) is 5.69 Å². The first-order valence-corrected chi connectivity index (χ1v) is 5.62. The van der Waals surface area contributed by atoms with Crippen LogP contribution in [0.15, 0.2) is 29.4 Å². The van der Waals surface area contributed by atoms with Gasteiger partial charge in [0.15, 0.2) is 0 Å². The van der Waals surface area contributed by atoms with Crippen LogP contribution in [0.2, 0.25) is 0 Å². The molecule has 1 aromatic carbocycles. The van der Waals surface area contributed by atoms with Crippen molar-refractivity contribution in [3.8, 4) is 5.75 Å². The van der Waals surface area contributed by atoms with E-state index in [2.05, 4.69) is 20.5 Å². The molecule has 2 rings (SSSR count). The van der Waals surface area contributed by atoms with Crippen molar-refractivity contribution in [2.45, 2.75) is 0 Å². The highest BCUT2D eigenvalue weighted by atomic mass is 16.6. The van der Waals surface area contributed by atoms with Crippen molar-refractivity contribution < 1.29 is 10.0 Å². The average Bonchev–Trinajstić information content (AvgIpc) is 2.39. The molecular weight excluding hydrogens is 278 g/mol. The number of anilines is 3. The van der Waals surface area contributed by atoms with E-state index in [9.17, 15) is 15.2 Å². The smallest absolute Gasteiger partial charge is 0.270 e. The summed E-state index contributed by atoms with van der Waals surface area (Å²) in [6.45, 7) is 0. The Morgan fingerprint density at radius 1 is 1.29 bits per heavy atom. The van der Waals surface area contributed by atoms with Gasteiger partial charge in [0.2, 0.25) is 5.95 Å². The molecule has 0 bridgehead atoms. The third-order valence-electron chi connectivity index (χ3n) is 2.36. The first-order chi connectivity index (χ1) is 9.95. The Morgan fingerprint density at radius 2 is 1.95 bits per heavy atom. The van der Waals surface area contributed by atoms with Crippen LogP contribution in [0.25, 0.3) is 0 Å². The summed E-state index contributed by atoms with van der Waals surface area (Å²) >= 11 is 0. The summed E-state index contributed by atoms with van der Waals surface area (Å²) in [5.41, 5.74) is 13.4. The minimum atomic E-state index is -0.577. The lowest BCUT2D eigenvalue weighted by Gasteiger charge is -2.02. The molecule has 0 saturated carbocycles. The van der Waals surface area contributed by atoms with Crippen LogP contribution in [0, 0.1) is 10.1 Å². The van der Waals surface area contributed by atoms with E-state index in [1.807, 2.05) is 0 Å². The van der Waals surface area contributed by atoms with Gasteiger partial charge in [-0.05, 0) is 6.07 Å². The number of hydrogen-bond acceptors (Lipinski definition) is 9. The van der Waals surface area contributed by atoms with E-state index < -0.39 is 4.92 Å². The standard InChI is InChI=1S/C11H11N7O3/c12-9-4-10(13)16-11(15-9)17-14-5-6-3-7(18(20)21)1-2-8(6)19/h1-5,19H,(H5,12,13,15,16,17). The second-order valence-corrected chi connectivity index (χ2v) is 3.91. The summed E-state index contributed by atoms with van der Waals surface area (Å²) in [7, 11) is 0. The minimum absolute atomic E-state index is 0.0636. The lowest BCUT2D eigenvalue weighted by atomic mass is 10.2. The van der Waals surface area contributed by atoms with Gasteiger partial charge in [-0.25, -0.2) is 5.43 Å². The fourth-order valence-corrected chi connectivity index (χ4v) is 1.45. The van der Waals surface area contributed by atoms with Crippen LogP contribution in [0.3, 0.4) is 0 Å². The number of nitrogen functional groups attached to an aromatic ring is 2. The highest BCUT2D eigenvalue weighted by molar-refractivity contribution is 5.84. The number of aromatic nitrogens is 2. The molecule has 10 nitrogen and oxygen atoms in total. The molecule has 0 aliphatic rings. The van der Waals surface area contributed by atoms with Gasteiger partial charge in [0, 0.05) is 23.8 Å². The Bertz CT molecular complexity index is 697. The van der Waals surface area contributed by atoms with Gasteiger partial charge in [-0.3, -0.25) is 10.1 Å². The Labute approximate surface area is 118 Å². The fourth-order valence-electron chi connectivity index (χ4n) is 1.45. The number of hydrazone groups is 1. The first-order valence-electron chi connectivity index (χ1n) is 5.62.